The standard InChI is InChI=1S/C16H24N4OS/c1-11(2)19-5-6-20-15(7-17-16(20)12(19)3)9-21-8-14-10-22-13(4)18-14/h7,10-12H,5-6,8-9H2,1-4H3/t12-/m1/s1. The third-order valence-electron chi connectivity index (χ3n) is 4.25. The van der Waals surface area contributed by atoms with E-state index in [-0.39, 0.29) is 0 Å². The van der Waals surface area contributed by atoms with E-state index >= 15 is 0 Å². The van der Waals surface area contributed by atoms with Gasteiger partial charge in [0.05, 0.1) is 41.8 Å². The minimum atomic E-state index is 0.365. The molecule has 0 fully saturated rings. The highest BCUT2D eigenvalue weighted by Crippen LogP contribution is 2.27. The molecule has 0 amide bonds. The van der Waals surface area contributed by atoms with E-state index in [4.69, 9.17) is 4.74 Å². The van der Waals surface area contributed by atoms with E-state index < -0.39 is 0 Å². The molecule has 1 aliphatic heterocycles. The number of nitrogens with zero attached hydrogens (tertiary/aromatic N) is 4. The van der Waals surface area contributed by atoms with Crippen molar-refractivity contribution in [2.24, 2.45) is 0 Å². The van der Waals surface area contributed by atoms with E-state index in [9.17, 15) is 0 Å². The Balaban J connectivity index is 1.63. The van der Waals surface area contributed by atoms with E-state index in [0.717, 1.165) is 35.3 Å². The molecule has 6 heteroatoms. The van der Waals surface area contributed by atoms with Crippen LogP contribution in [0.2, 0.25) is 0 Å². The first-order valence-electron chi connectivity index (χ1n) is 7.85. The Morgan fingerprint density at radius 2 is 2.18 bits per heavy atom. The summed E-state index contributed by atoms with van der Waals surface area (Å²) in [4.78, 5) is 11.5. The van der Waals surface area contributed by atoms with Crippen LogP contribution in [0.3, 0.4) is 0 Å². The Morgan fingerprint density at radius 1 is 1.36 bits per heavy atom. The summed E-state index contributed by atoms with van der Waals surface area (Å²) in [6.45, 7) is 12.0. The van der Waals surface area contributed by atoms with Crippen LogP contribution >= 0.6 is 11.3 Å². The average molecular weight is 320 g/mol. The zero-order chi connectivity index (χ0) is 15.7. The van der Waals surface area contributed by atoms with Gasteiger partial charge in [-0.1, -0.05) is 0 Å². The summed E-state index contributed by atoms with van der Waals surface area (Å²) in [5.41, 5.74) is 2.18. The number of aromatic nitrogens is 3. The lowest BCUT2D eigenvalue weighted by molar-refractivity contribution is 0.0918. The van der Waals surface area contributed by atoms with Gasteiger partial charge in [-0.05, 0) is 27.7 Å². The van der Waals surface area contributed by atoms with E-state index in [1.54, 1.807) is 11.3 Å². The molecule has 22 heavy (non-hydrogen) atoms. The highest BCUT2D eigenvalue weighted by molar-refractivity contribution is 7.09. The van der Waals surface area contributed by atoms with Crippen LogP contribution in [0.5, 0.6) is 0 Å². The van der Waals surface area contributed by atoms with Crippen molar-refractivity contribution in [3.05, 3.63) is 33.8 Å². The van der Waals surface area contributed by atoms with Crippen molar-refractivity contribution in [2.75, 3.05) is 6.54 Å². The summed E-state index contributed by atoms with van der Waals surface area (Å²) in [6.07, 6.45) is 1.96. The lowest BCUT2D eigenvalue weighted by Gasteiger charge is -2.37. The normalized spacial score (nSPS) is 18.9. The number of aryl methyl sites for hydroxylation is 1. The van der Waals surface area contributed by atoms with Gasteiger partial charge >= 0.3 is 0 Å². The molecule has 0 aliphatic carbocycles. The molecule has 0 unspecified atom stereocenters. The molecule has 3 rings (SSSR count). The van der Waals surface area contributed by atoms with Crippen molar-refractivity contribution in [2.45, 2.75) is 59.5 Å². The maximum Gasteiger partial charge on any atom is 0.126 e. The second kappa shape index (κ2) is 6.48. The topological polar surface area (TPSA) is 43.2 Å². The van der Waals surface area contributed by atoms with Gasteiger partial charge < -0.3 is 9.30 Å². The smallest absolute Gasteiger partial charge is 0.126 e. The van der Waals surface area contributed by atoms with Crippen LogP contribution in [-0.4, -0.2) is 32.0 Å². The Bertz CT molecular complexity index is 634. The second-order valence-electron chi connectivity index (χ2n) is 6.12. The van der Waals surface area contributed by atoms with Crippen LogP contribution in [0.25, 0.3) is 0 Å². The third kappa shape index (κ3) is 3.09. The van der Waals surface area contributed by atoms with Gasteiger partial charge in [0.15, 0.2) is 0 Å². The zero-order valence-corrected chi connectivity index (χ0v) is 14.6. The zero-order valence-electron chi connectivity index (χ0n) is 13.7. The monoisotopic (exact) mass is 320 g/mol. The van der Waals surface area contributed by atoms with Crippen molar-refractivity contribution in [1.29, 1.82) is 0 Å². The Hall–Kier alpha value is -1.24. The highest BCUT2D eigenvalue weighted by atomic mass is 32.1. The van der Waals surface area contributed by atoms with Crippen LogP contribution in [0.15, 0.2) is 11.6 Å². The number of thiazole rings is 1. The SMILES string of the molecule is Cc1nc(COCc2cnc3n2CCN(C(C)C)[C@@H]3C)cs1. The number of ether oxygens (including phenoxy) is 1. The van der Waals surface area contributed by atoms with Crippen LogP contribution in [0, 0.1) is 6.92 Å². The van der Waals surface area contributed by atoms with E-state index in [1.165, 1.54) is 0 Å². The molecule has 0 aromatic carbocycles. The van der Waals surface area contributed by atoms with Crippen LogP contribution in [-0.2, 0) is 24.5 Å². The predicted octanol–water partition coefficient (Wildman–Crippen LogP) is 3.15. The quantitative estimate of drug-likeness (QED) is 0.849. The Kier molecular flexibility index (Phi) is 4.61. The number of imidazole rings is 1. The molecule has 2 aromatic heterocycles. The van der Waals surface area contributed by atoms with Gasteiger partial charge in [0.25, 0.3) is 0 Å². The first-order chi connectivity index (χ1) is 10.6. The lowest BCUT2D eigenvalue weighted by Crippen LogP contribution is -2.41. The minimum absolute atomic E-state index is 0.365. The van der Waals surface area contributed by atoms with Crippen molar-refractivity contribution in [1.82, 2.24) is 19.4 Å². The van der Waals surface area contributed by atoms with Gasteiger partial charge in [-0.15, -0.1) is 11.3 Å². The summed E-state index contributed by atoms with van der Waals surface area (Å²) in [5, 5.41) is 3.15. The predicted molar refractivity (Wildman–Crippen MR) is 87.8 cm³/mol. The Morgan fingerprint density at radius 3 is 2.86 bits per heavy atom. The molecule has 0 radical (unpaired) electrons. The van der Waals surface area contributed by atoms with E-state index in [2.05, 4.69) is 45.6 Å². The summed E-state index contributed by atoms with van der Waals surface area (Å²) in [6, 6.07) is 0.914. The van der Waals surface area contributed by atoms with Gasteiger partial charge in [-0.3, -0.25) is 4.90 Å². The molecule has 3 heterocycles. The van der Waals surface area contributed by atoms with Gasteiger partial charge in [0.1, 0.15) is 5.82 Å². The van der Waals surface area contributed by atoms with E-state index in [1.807, 2.05) is 13.1 Å². The molecular formula is C16H24N4OS. The van der Waals surface area contributed by atoms with Gasteiger partial charge in [-0.25, -0.2) is 9.97 Å². The number of hydrogen-bond acceptors (Lipinski definition) is 5. The summed E-state index contributed by atoms with van der Waals surface area (Å²) < 4.78 is 8.14. The molecule has 0 saturated carbocycles. The van der Waals surface area contributed by atoms with Crippen molar-refractivity contribution in [3.8, 4) is 0 Å². The first kappa shape index (κ1) is 15.6. The lowest BCUT2D eigenvalue weighted by atomic mass is 10.1. The molecule has 0 N–H and O–H groups in total. The number of fused-ring (bicyclic) bond motifs is 1. The maximum absolute atomic E-state index is 5.82. The van der Waals surface area contributed by atoms with Gasteiger partial charge in [0.2, 0.25) is 0 Å². The molecule has 1 aliphatic rings. The summed E-state index contributed by atoms with van der Waals surface area (Å²) in [7, 11) is 0. The van der Waals surface area contributed by atoms with Crippen molar-refractivity contribution in [3.63, 3.8) is 0 Å². The Labute approximate surface area is 136 Å². The van der Waals surface area contributed by atoms with E-state index in [0.29, 0.717) is 25.3 Å². The fraction of sp³-hybridized carbons (Fsp3) is 0.625. The van der Waals surface area contributed by atoms with Crippen LogP contribution in [0.1, 0.15) is 49.0 Å². The van der Waals surface area contributed by atoms with Crippen molar-refractivity contribution < 1.29 is 4.74 Å². The largest absolute Gasteiger partial charge is 0.369 e. The number of rotatable bonds is 5. The molecule has 0 saturated heterocycles. The van der Waals surface area contributed by atoms with Gasteiger partial charge in [-0.2, -0.15) is 0 Å². The highest BCUT2D eigenvalue weighted by Gasteiger charge is 2.28. The average Bonchev–Trinajstić information content (AvgIpc) is 3.06. The van der Waals surface area contributed by atoms with Crippen LogP contribution in [0.4, 0.5) is 0 Å². The maximum atomic E-state index is 5.82. The minimum Gasteiger partial charge on any atom is -0.369 e. The fourth-order valence-electron chi connectivity index (χ4n) is 3.13. The first-order valence-corrected chi connectivity index (χ1v) is 8.73. The van der Waals surface area contributed by atoms with Gasteiger partial charge in [0, 0.05) is 24.5 Å². The van der Waals surface area contributed by atoms with Crippen molar-refractivity contribution >= 4 is 11.3 Å². The molecule has 0 bridgehead atoms. The third-order valence-corrected chi connectivity index (χ3v) is 5.07. The second-order valence-corrected chi connectivity index (χ2v) is 7.18. The molecule has 0 spiro atoms. The molecule has 2 aromatic rings. The summed E-state index contributed by atoms with van der Waals surface area (Å²) in [5.74, 6) is 1.16. The fourth-order valence-corrected chi connectivity index (χ4v) is 3.73. The summed E-state index contributed by atoms with van der Waals surface area (Å²) >= 11 is 1.66. The molecular weight excluding hydrogens is 296 g/mol. The number of hydrogen-bond donors (Lipinski definition) is 0. The molecule has 120 valence electrons. The molecule has 1 atom stereocenters. The van der Waals surface area contributed by atoms with Crippen LogP contribution < -0.4 is 0 Å². The molecule has 5 nitrogen and oxygen atoms in total.